The third kappa shape index (κ3) is 7.92. The lowest BCUT2D eigenvalue weighted by molar-refractivity contribution is -0.137. The molecular formula is C30H37FN2O3S. The van der Waals surface area contributed by atoms with Crippen molar-refractivity contribution < 1.29 is 19.0 Å². The van der Waals surface area contributed by atoms with Gasteiger partial charge in [0.15, 0.2) is 0 Å². The van der Waals surface area contributed by atoms with Crippen LogP contribution in [0.4, 0.5) is 4.39 Å². The average molecular weight is 525 g/mol. The van der Waals surface area contributed by atoms with E-state index < -0.39 is 12.1 Å². The van der Waals surface area contributed by atoms with E-state index in [1.54, 1.807) is 19.4 Å². The predicted molar refractivity (Wildman–Crippen MR) is 148 cm³/mol. The smallest absolute Gasteiger partial charge is 0.303 e. The first-order valence-electron chi connectivity index (χ1n) is 13.2. The molecule has 0 radical (unpaired) electrons. The highest BCUT2D eigenvalue weighted by Gasteiger charge is 2.30. The molecule has 1 aliphatic heterocycles. The number of rotatable bonds is 13. The van der Waals surface area contributed by atoms with Crippen LogP contribution in [0.2, 0.25) is 0 Å². The maximum atomic E-state index is 15.5. The van der Waals surface area contributed by atoms with E-state index in [-0.39, 0.29) is 12.3 Å². The Balaban J connectivity index is 1.32. The van der Waals surface area contributed by atoms with Crippen molar-refractivity contribution in [2.24, 2.45) is 11.8 Å². The van der Waals surface area contributed by atoms with E-state index in [0.29, 0.717) is 30.1 Å². The van der Waals surface area contributed by atoms with E-state index in [1.165, 1.54) is 4.90 Å². The van der Waals surface area contributed by atoms with E-state index in [0.717, 1.165) is 55.6 Å². The number of aromatic nitrogens is 1. The molecule has 0 spiro atoms. The van der Waals surface area contributed by atoms with Gasteiger partial charge in [0.1, 0.15) is 11.9 Å². The zero-order valence-electron chi connectivity index (χ0n) is 21.5. The molecule has 1 fully saturated rings. The lowest BCUT2D eigenvalue weighted by Gasteiger charge is -2.39. The van der Waals surface area contributed by atoms with Gasteiger partial charge in [-0.2, -0.15) is 0 Å². The van der Waals surface area contributed by atoms with Gasteiger partial charge in [0.05, 0.1) is 12.6 Å². The Hall–Kier alpha value is -2.64. The molecule has 1 aromatic heterocycles. The zero-order valence-corrected chi connectivity index (χ0v) is 22.3. The highest BCUT2D eigenvalue weighted by molar-refractivity contribution is 7.99. The van der Waals surface area contributed by atoms with Gasteiger partial charge in [-0.25, -0.2) is 4.39 Å². The number of pyridine rings is 1. The number of alkyl halides is 1. The van der Waals surface area contributed by atoms with Crippen LogP contribution < -0.4 is 4.74 Å². The van der Waals surface area contributed by atoms with Gasteiger partial charge in [0, 0.05) is 29.4 Å². The summed E-state index contributed by atoms with van der Waals surface area (Å²) in [6, 6.07) is 17.8. The number of likely N-dealkylation sites (tertiary alicyclic amines) is 1. The second-order valence-electron chi connectivity index (χ2n) is 9.89. The normalized spacial score (nSPS) is 19.1. The number of nitrogens with zero attached hydrogens (tertiary/aromatic N) is 2. The number of hydrogen-bond acceptors (Lipinski definition) is 5. The molecule has 3 atom stereocenters. The second-order valence-corrected chi connectivity index (χ2v) is 11.1. The lowest BCUT2D eigenvalue weighted by Crippen LogP contribution is -2.41. The topological polar surface area (TPSA) is 62.7 Å². The van der Waals surface area contributed by atoms with Crippen LogP contribution in [-0.4, -0.2) is 53.5 Å². The SMILES string of the molecule is COc1ccc2nccc(C(F)CC[C@@H]3CCN(CCCSc4ccccc4)C[C@@H]3CCC(=O)O)c2c1. The number of benzene rings is 2. The lowest BCUT2D eigenvalue weighted by atomic mass is 9.79. The first-order chi connectivity index (χ1) is 18.0. The largest absolute Gasteiger partial charge is 0.497 e. The summed E-state index contributed by atoms with van der Waals surface area (Å²) < 4.78 is 20.9. The van der Waals surface area contributed by atoms with Crippen LogP contribution in [0, 0.1) is 11.8 Å². The van der Waals surface area contributed by atoms with Gasteiger partial charge >= 0.3 is 5.97 Å². The number of fused-ring (bicyclic) bond motifs is 1. The molecule has 198 valence electrons. The van der Waals surface area contributed by atoms with E-state index in [9.17, 15) is 9.90 Å². The van der Waals surface area contributed by atoms with Crippen LogP contribution in [0.3, 0.4) is 0 Å². The summed E-state index contributed by atoms with van der Waals surface area (Å²) in [7, 11) is 1.61. The number of hydrogen-bond donors (Lipinski definition) is 1. The van der Waals surface area contributed by atoms with Crippen LogP contribution in [-0.2, 0) is 4.79 Å². The van der Waals surface area contributed by atoms with Gasteiger partial charge < -0.3 is 14.7 Å². The molecule has 7 heteroatoms. The Morgan fingerprint density at radius 1 is 1.19 bits per heavy atom. The van der Waals surface area contributed by atoms with Gasteiger partial charge in [0.2, 0.25) is 0 Å². The standard InChI is InChI=1S/C30H37FN2O3S/c1-36-24-10-12-29-27(20-24)26(14-16-32-29)28(31)11-8-22-15-18-33(21-23(22)9-13-30(34)35)17-5-19-37-25-6-3-2-4-7-25/h2-4,6-7,10,12,14,16,20,22-23,28H,5,8-9,11,13,15,17-19,21H2,1H3,(H,34,35)/t22-,23+,28?/m1/s1. The summed E-state index contributed by atoms with van der Waals surface area (Å²) in [5.74, 6) is 1.63. The summed E-state index contributed by atoms with van der Waals surface area (Å²) in [6.07, 6.45) is 4.69. The van der Waals surface area contributed by atoms with Crippen molar-refractivity contribution in [2.75, 3.05) is 32.5 Å². The average Bonchev–Trinajstić information content (AvgIpc) is 2.93. The monoisotopic (exact) mass is 524 g/mol. The van der Waals surface area contributed by atoms with Crippen LogP contribution >= 0.6 is 11.8 Å². The summed E-state index contributed by atoms with van der Waals surface area (Å²) in [5.41, 5.74) is 1.42. The molecule has 37 heavy (non-hydrogen) atoms. The number of carboxylic acid groups (broad SMARTS) is 1. The Morgan fingerprint density at radius 3 is 2.81 bits per heavy atom. The molecule has 3 aromatic rings. The number of aliphatic carboxylic acids is 1. The van der Waals surface area contributed by atoms with Crippen molar-refractivity contribution in [3.05, 3.63) is 66.4 Å². The van der Waals surface area contributed by atoms with E-state index in [1.807, 2.05) is 36.0 Å². The molecular weight excluding hydrogens is 487 g/mol. The first kappa shape index (κ1) is 27.4. The number of ether oxygens (including phenoxy) is 1. The number of methoxy groups -OCH3 is 1. The highest BCUT2D eigenvalue weighted by atomic mass is 32.2. The minimum atomic E-state index is -1.09. The van der Waals surface area contributed by atoms with Crippen molar-refractivity contribution in [1.29, 1.82) is 0 Å². The maximum absolute atomic E-state index is 15.5. The molecule has 2 heterocycles. The van der Waals surface area contributed by atoms with Crippen LogP contribution in [0.5, 0.6) is 5.75 Å². The molecule has 1 N–H and O–H groups in total. The fraction of sp³-hybridized carbons (Fsp3) is 0.467. The quantitative estimate of drug-likeness (QED) is 0.192. The molecule has 1 saturated heterocycles. The molecule has 5 nitrogen and oxygen atoms in total. The zero-order chi connectivity index (χ0) is 26.0. The fourth-order valence-corrected chi connectivity index (χ4v) is 6.29. The van der Waals surface area contributed by atoms with Crippen molar-refractivity contribution >= 4 is 28.6 Å². The van der Waals surface area contributed by atoms with Gasteiger partial charge in [-0.1, -0.05) is 18.2 Å². The molecule has 0 saturated carbocycles. The Labute approximate surface area is 223 Å². The Kier molecular flexibility index (Phi) is 10.2. The van der Waals surface area contributed by atoms with E-state index in [2.05, 4.69) is 34.1 Å². The van der Waals surface area contributed by atoms with Crippen molar-refractivity contribution in [3.8, 4) is 5.75 Å². The molecule has 2 aromatic carbocycles. The maximum Gasteiger partial charge on any atom is 0.303 e. The molecule has 1 aliphatic rings. The van der Waals surface area contributed by atoms with Crippen molar-refractivity contribution in [1.82, 2.24) is 9.88 Å². The third-order valence-electron chi connectivity index (χ3n) is 7.45. The van der Waals surface area contributed by atoms with E-state index >= 15 is 4.39 Å². The predicted octanol–water partition coefficient (Wildman–Crippen LogP) is 7.02. The van der Waals surface area contributed by atoms with Crippen LogP contribution in [0.15, 0.2) is 65.7 Å². The second kappa shape index (κ2) is 13.8. The minimum Gasteiger partial charge on any atom is -0.497 e. The van der Waals surface area contributed by atoms with E-state index in [4.69, 9.17) is 4.74 Å². The summed E-state index contributed by atoms with van der Waals surface area (Å²) in [5, 5.41) is 10.1. The molecule has 0 amide bonds. The van der Waals surface area contributed by atoms with Gasteiger partial charge in [0.25, 0.3) is 0 Å². The Morgan fingerprint density at radius 2 is 2.03 bits per heavy atom. The summed E-state index contributed by atoms with van der Waals surface area (Å²) in [6.45, 7) is 2.92. The number of halogens is 1. The highest BCUT2D eigenvalue weighted by Crippen LogP contribution is 2.36. The number of carboxylic acids is 1. The fourth-order valence-electron chi connectivity index (χ4n) is 5.43. The molecule has 1 unspecified atom stereocenters. The van der Waals surface area contributed by atoms with Crippen molar-refractivity contribution in [2.45, 2.75) is 49.6 Å². The molecule has 0 bridgehead atoms. The number of piperidine rings is 1. The first-order valence-corrected chi connectivity index (χ1v) is 14.2. The van der Waals surface area contributed by atoms with Gasteiger partial charge in [-0.15, -0.1) is 11.8 Å². The summed E-state index contributed by atoms with van der Waals surface area (Å²) in [4.78, 5) is 19.5. The van der Waals surface area contributed by atoms with Crippen LogP contribution in [0.1, 0.15) is 50.3 Å². The van der Waals surface area contributed by atoms with Crippen molar-refractivity contribution in [3.63, 3.8) is 0 Å². The molecule has 0 aliphatic carbocycles. The van der Waals surface area contributed by atoms with Gasteiger partial charge in [-0.05, 0) is 105 Å². The number of thioether (sulfide) groups is 1. The summed E-state index contributed by atoms with van der Waals surface area (Å²) >= 11 is 1.88. The Bertz CT molecular complexity index is 1150. The van der Waals surface area contributed by atoms with Gasteiger partial charge in [-0.3, -0.25) is 9.78 Å². The van der Waals surface area contributed by atoms with Crippen LogP contribution in [0.25, 0.3) is 10.9 Å². The third-order valence-corrected chi connectivity index (χ3v) is 8.54. The molecule has 4 rings (SSSR count). The number of carbonyl (C=O) groups is 1. The minimum absolute atomic E-state index is 0.173.